The molecule has 0 N–H and O–H groups in total. The van der Waals surface area contributed by atoms with Crippen molar-refractivity contribution in [2.75, 3.05) is 0 Å². The predicted octanol–water partition coefficient (Wildman–Crippen LogP) is 5.90. The molecule has 3 nitrogen and oxygen atoms in total. The number of hydrogen-bond donors (Lipinski definition) is 0. The second-order valence-corrected chi connectivity index (χ2v) is 6.82. The fraction of sp³-hybridized carbons (Fsp3) is 0.120. The van der Waals surface area contributed by atoms with Crippen LogP contribution >= 0.6 is 0 Å². The molecule has 0 aliphatic rings. The first-order valence-corrected chi connectivity index (χ1v) is 8.91. The van der Waals surface area contributed by atoms with Crippen molar-refractivity contribution in [2.24, 2.45) is 7.05 Å². The molecule has 0 fully saturated rings. The number of hydrogen-bond acceptors (Lipinski definition) is 2. The molecule has 29 heavy (non-hydrogen) atoms. The minimum atomic E-state index is -2.65. The summed E-state index contributed by atoms with van der Waals surface area (Å²) >= 11 is 0. The highest BCUT2D eigenvalue weighted by Gasteiger charge is 2.22. The van der Waals surface area contributed by atoms with E-state index in [1.807, 2.05) is 19.1 Å². The van der Waals surface area contributed by atoms with E-state index in [1.165, 1.54) is 10.6 Å². The molecule has 0 aliphatic heterocycles. The molecule has 3 heterocycles. The second kappa shape index (κ2) is 6.52. The van der Waals surface area contributed by atoms with Crippen molar-refractivity contribution in [3.8, 4) is 22.5 Å². The molecule has 0 saturated heterocycles. The number of pyridine rings is 2. The van der Waals surface area contributed by atoms with Crippen LogP contribution in [0.5, 0.6) is 0 Å². The molecular formula is C25H20FN2O+. The molecule has 2 aromatic carbocycles. The maximum Gasteiger partial charge on any atom is 0.227 e. The van der Waals surface area contributed by atoms with Crippen LogP contribution in [0.25, 0.3) is 44.6 Å². The summed E-state index contributed by atoms with van der Waals surface area (Å²) in [6, 6.07) is 6.06. The number of fused-ring (bicyclic) bond motifs is 3. The van der Waals surface area contributed by atoms with Crippen LogP contribution in [0.3, 0.4) is 0 Å². The van der Waals surface area contributed by atoms with Gasteiger partial charge in [-0.1, -0.05) is 42.3 Å². The van der Waals surface area contributed by atoms with Crippen molar-refractivity contribution in [3.63, 3.8) is 0 Å². The Hall–Kier alpha value is -3.53. The zero-order chi connectivity index (χ0) is 27.0. The lowest BCUT2D eigenvalue weighted by Crippen LogP contribution is -2.31. The van der Waals surface area contributed by atoms with Crippen LogP contribution in [0.4, 0.5) is 4.39 Å². The van der Waals surface area contributed by atoms with Gasteiger partial charge in [-0.15, -0.1) is 0 Å². The Labute approximate surface area is 179 Å². The van der Waals surface area contributed by atoms with Crippen molar-refractivity contribution in [2.45, 2.75) is 13.8 Å². The van der Waals surface area contributed by atoms with E-state index in [0.717, 1.165) is 11.8 Å². The van der Waals surface area contributed by atoms with Crippen molar-refractivity contribution in [1.29, 1.82) is 0 Å². The molecule has 0 saturated carbocycles. The van der Waals surface area contributed by atoms with Gasteiger partial charge in [0.25, 0.3) is 0 Å². The summed E-state index contributed by atoms with van der Waals surface area (Å²) in [5.41, 5.74) is 2.03. The highest BCUT2D eigenvalue weighted by molar-refractivity contribution is 6.09. The van der Waals surface area contributed by atoms with Gasteiger partial charge >= 0.3 is 0 Å². The molecule has 0 spiro atoms. The first-order chi connectivity index (χ1) is 17.3. The maximum absolute atomic E-state index is 14.5. The summed E-state index contributed by atoms with van der Waals surface area (Å²) in [5.74, 6) is -0.842. The van der Waals surface area contributed by atoms with E-state index in [-0.39, 0.29) is 29.1 Å². The molecule has 142 valence electrons. The summed E-state index contributed by atoms with van der Waals surface area (Å²) in [7, 11) is 1.61. The second-order valence-electron chi connectivity index (χ2n) is 6.82. The van der Waals surface area contributed by atoms with Gasteiger partial charge in [0.15, 0.2) is 11.4 Å². The fourth-order valence-corrected chi connectivity index (χ4v) is 3.52. The Morgan fingerprint density at radius 1 is 1.07 bits per heavy atom. The zero-order valence-corrected chi connectivity index (χ0v) is 15.6. The molecule has 3 aromatic heterocycles. The van der Waals surface area contributed by atoms with E-state index < -0.39 is 36.4 Å². The lowest BCUT2D eigenvalue weighted by molar-refractivity contribution is -0.662. The van der Waals surface area contributed by atoms with Crippen LogP contribution < -0.4 is 4.57 Å². The first kappa shape index (κ1) is 10.9. The van der Waals surface area contributed by atoms with Gasteiger partial charge in [0, 0.05) is 26.5 Å². The Bertz CT molecular complexity index is 1730. The first-order valence-electron chi connectivity index (χ1n) is 12.9. The molecule has 0 aliphatic carbocycles. The van der Waals surface area contributed by atoms with Gasteiger partial charge < -0.3 is 4.42 Å². The standard InChI is InChI=1S/C25H20FN2O/c1-15-9-10-18-19-11-12-21(17-7-5-4-6-8-17)27-25(19)29-24(18)23(15)22-13-16(2)20(26)14-28(22)3/h4-14H,1-3H3/q+1/i2D3,4D,5D,6D,7D,8D. The number of aryl methyl sites for hydroxylation is 3. The Kier molecular flexibility index (Phi) is 2.44. The zero-order valence-electron chi connectivity index (χ0n) is 23.6. The van der Waals surface area contributed by atoms with Gasteiger partial charge in [0.2, 0.25) is 17.6 Å². The SMILES string of the molecule is [2H]c1c([2H])c([2H])c(-c2ccc3c(n2)oc2c(-c4cc(C([2H])([2H])[2H])c(F)c[n+]4C)c(C)ccc23)c([2H])c1[2H]. The quantitative estimate of drug-likeness (QED) is 0.351. The van der Waals surface area contributed by atoms with Crippen molar-refractivity contribution in [3.05, 3.63) is 83.7 Å². The highest BCUT2D eigenvalue weighted by Crippen LogP contribution is 2.37. The molecule has 4 heteroatoms. The summed E-state index contributed by atoms with van der Waals surface area (Å²) in [6.45, 7) is -0.824. The Morgan fingerprint density at radius 2 is 1.86 bits per heavy atom. The Balaban J connectivity index is 1.79. The highest BCUT2D eigenvalue weighted by atomic mass is 19.1. The van der Waals surface area contributed by atoms with Crippen LogP contribution in [0.2, 0.25) is 0 Å². The number of nitrogens with zero attached hydrogens (tertiary/aromatic N) is 2. The normalized spacial score (nSPS) is 15.8. The third kappa shape index (κ3) is 2.80. The Morgan fingerprint density at radius 3 is 2.66 bits per heavy atom. The molecule has 0 unspecified atom stereocenters. The lowest BCUT2D eigenvalue weighted by Gasteiger charge is -2.06. The van der Waals surface area contributed by atoms with Gasteiger partial charge in [-0.2, -0.15) is 4.57 Å². The van der Waals surface area contributed by atoms with Crippen molar-refractivity contribution in [1.82, 2.24) is 4.98 Å². The summed E-state index contributed by atoms with van der Waals surface area (Å²) in [5, 5.41) is 1.30. The minimum Gasteiger partial charge on any atom is -0.437 e. The average molecular weight is 391 g/mol. The van der Waals surface area contributed by atoms with E-state index in [1.54, 1.807) is 19.2 Å². The van der Waals surface area contributed by atoms with Crippen molar-refractivity contribution < 1.29 is 24.3 Å². The van der Waals surface area contributed by atoms with Gasteiger partial charge in [-0.05, 0) is 37.0 Å². The van der Waals surface area contributed by atoms with Crippen LogP contribution in [0.15, 0.2) is 71.2 Å². The lowest BCUT2D eigenvalue weighted by atomic mass is 10.00. The van der Waals surface area contributed by atoms with Crippen molar-refractivity contribution >= 4 is 22.1 Å². The van der Waals surface area contributed by atoms with Gasteiger partial charge in [0.1, 0.15) is 7.05 Å². The van der Waals surface area contributed by atoms with Crippen LogP contribution in [0.1, 0.15) is 22.1 Å². The molecule has 0 radical (unpaired) electrons. The van der Waals surface area contributed by atoms with E-state index in [2.05, 4.69) is 4.98 Å². The van der Waals surface area contributed by atoms with Gasteiger partial charge in [0.05, 0.1) is 18.1 Å². The number of furan rings is 1. The molecule has 5 rings (SSSR count). The van der Waals surface area contributed by atoms with Gasteiger partial charge in [-0.25, -0.2) is 9.37 Å². The summed E-state index contributed by atoms with van der Waals surface area (Å²) in [4.78, 5) is 4.48. The number of halogens is 1. The number of rotatable bonds is 2. The predicted molar refractivity (Wildman–Crippen MR) is 113 cm³/mol. The maximum atomic E-state index is 14.5. The number of aromatic nitrogens is 2. The van der Waals surface area contributed by atoms with Crippen LogP contribution in [0, 0.1) is 19.6 Å². The molecular weight excluding hydrogens is 363 g/mol. The molecule has 0 amide bonds. The molecule has 0 atom stereocenters. The molecule has 0 bridgehead atoms. The molecule has 5 aromatic rings. The van der Waals surface area contributed by atoms with E-state index >= 15 is 0 Å². The monoisotopic (exact) mass is 391 g/mol. The van der Waals surface area contributed by atoms with E-state index in [4.69, 9.17) is 15.4 Å². The third-order valence-corrected chi connectivity index (χ3v) is 4.95. The van der Waals surface area contributed by atoms with E-state index in [9.17, 15) is 4.39 Å². The number of benzene rings is 2. The van der Waals surface area contributed by atoms with Gasteiger partial charge in [-0.3, -0.25) is 0 Å². The smallest absolute Gasteiger partial charge is 0.227 e. The largest absolute Gasteiger partial charge is 0.437 e. The summed E-state index contributed by atoms with van der Waals surface area (Å²) in [6.07, 6.45) is 1.12. The van der Waals surface area contributed by atoms with Crippen LogP contribution in [-0.4, -0.2) is 4.98 Å². The van der Waals surface area contributed by atoms with E-state index in [0.29, 0.717) is 27.6 Å². The average Bonchev–Trinajstić information content (AvgIpc) is 3.19. The third-order valence-electron chi connectivity index (χ3n) is 4.95. The van der Waals surface area contributed by atoms with Crippen LogP contribution in [-0.2, 0) is 7.05 Å². The minimum absolute atomic E-state index is 0.0444. The topological polar surface area (TPSA) is 29.9 Å². The fourth-order valence-electron chi connectivity index (χ4n) is 3.52. The summed E-state index contributed by atoms with van der Waals surface area (Å²) < 4.78 is 85.5.